The second-order valence-electron chi connectivity index (χ2n) is 4.78. The number of hydrogen-bond acceptors (Lipinski definition) is 1. The normalized spacial score (nSPS) is 12.2. The molecular formula is C13H18BrF3IN3. The number of nitrogens with zero attached hydrogens (tertiary/aromatic N) is 1. The highest BCUT2D eigenvalue weighted by atomic mass is 127. The van der Waals surface area contributed by atoms with Crippen molar-refractivity contribution in [2.75, 3.05) is 6.54 Å². The van der Waals surface area contributed by atoms with Crippen LogP contribution in [0.4, 0.5) is 13.2 Å². The lowest BCUT2D eigenvalue weighted by atomic mass is 10.1. The topological polar surface area (TPSA) is 50.4 Å². The number of nitrogens with two attached hydrogens (primary N) is 1. The second kappa shape index (κ2) is 8.82. The van der Waals surface area contributed by atoms with Crippen LogP contribution in [0.5, 0.6) is 0 Å². The fourth-order valence-corrected chi connectivity index (χ4v) is 1.85. The van der Waals surface area contributed by atoms with Gasteiger partial charge in [-0.1, -0.05) is 35.8 Å². The van der Waals surface area contributed by atoms with E-state index in [9.17, 15) is 13.2 Å². The van der Waals surface area contributed by atoms with E-state index >= 15 is 0 Å². The van der Waals surface area contributed by atoms with Crippen molar-refractivity contribution in [1.29, 1.82) is 0 Å². The van der Waals surface area contributed by atoms with Crippen LogP contribution in [0.25, 0.3) is 0 Å². The van der Waals surface area contributed by atoms with Gasteiger partial charge in [-0.25, -0.2) is 4.99 Å². The van der Waals surface area contributed by atoms with Gasteiger partial charge in [0, 0.05) is 11.0 Å². The summed E-state index contributed by atoms with van der Waals surface area (Å²) in [5, 5.41) is 2.86. The second-order valence-corrected chi connectivity index (χ2v) is 5.69. The smallest absolute Gasteiger partial charge is 0.370 e. The fourth-order valence-electron chi connectivity index (χ4n) is 1.49. The Hall–Kier alpha value is -0.510. The van der Waals surface area contributed by atoms with Gasteiger partial charge in [-0.2, -0.15) is 13.2 Å². The van der Waals surface area contributed by atoms with Gasteiger partial charge in [-0.3, -0.25) is 0 Å². The molecule has 0 amide bonds. The molecule has 0 aromatic heterocycles. The van der Waals surface area contributed by atoms with Gasteiger partial charge in [0.05, 0.1) is 12.1 Å². The third-order valence-electron chi connectivity index (χ3n) is 2.49. The minimum absolute atomic E-state index is 0. The largest absolute Gasteiger partial charge is 0.416 e. The number of halogens is 5. The molecule has 0 radical (unpaired) electrons. The summed E-state index contributed by atoms with van der Waals surface area (Å²) < 4.78 is 39.0. The Morgan fingerprint density at radius 1 is 1.38 bits per heavy atom. The van der Waals surface area contributed by atoms with Crippen molar-refractivity contribution in [1.82, 2.24) is 5.32 Å². The van der Waals surface area contributed by atoms with E-state index in [2.05, 4.69) is 26.2 Å². The molecule has 1 aromatic rings. The Labute approximate surface area is 147 Å². The van der Waals surface area contributed by atoms with Crippen molar-refractivity contribution < 1.29 is 13.2 Å². The molecule has 0 fully saturated rings. The van der Waals surface area contributed by atoms with Crippen molar-refractivity contribution >= 4 is 45.9 Å². The third kappa shape index (κ3) is 7.35. The molecule has 1 aromatic carbocycles. The van der Waals surface area contributed by atoms with Crippen LogP contribution in [0.3, 0.4) is 0 Å². The summed E-state index contributed by atoms with van der Waals surface area (Å²) in [6.45, 7) is 4.51. The highest BCUT2D eigenvalue weighted by Gasteiger charge is 2.33. The number of alkyl halides is 3. The SMILES string of the molecule is CC(C)CNC(N)=NCc1ccc(Br)cc1C(F)(F)F.I. The highest BCUT2D eigenvalue weighted by Crippen LogP contribution is 2.34. The first-order chi connectivity index (χ1) is 9.20. The highest BCUT2D eigenvalue weighted by molar-refractivity contribution is 14.0. The number of benzene rings is 1. The maximum atomic E-state index is 12.9. The van der Waals surface area contributed by atoms with Crippen molar-refractivity contribution in [3.63, 3.8) is 0 Å². The zero-order valence-corrected chi connectivity index (χ0v) is 15.6. The van der Waals surface area contributed by atoms with E-state index in [4.69, 9.17) is 5.73 Å². The predicted molar refractivity (Wildman–Crippen MR) is 92.7 cm³/mol. The van der Waals surface area contributed by atoms with Gasteiger partial charge in [-0.05, 0) is 23.6 Å². The molecular weight excluding hydrogens is 462 g/mol. The average molecular weight is 480 g/mol. The van der Waals surface area contributed by atoms with Crippen LogP contribution in [0.1, 0.15) is 25.0 Å². The van der Waals surface area contributed by atoms with Crippen molar-refractivity contribution in [3.8, 4) is 0 Å². The number of guanidine groups is 1. The minimum Gasteiger partial charge on any atom is -0.370 e. The molecule has 21 heavy (non-hydrogen) atoms. The van der Waals surface area contributed by atoms with E-state index in [0.717, 1.165) is 6.07 Å². The summed E-state index contributed by atoms with van der Waals surface area (Å²) in [7, 11) is 0. The molecule has 0 aliphatic rings. The van der Waals surface area contributed by atoms with E-state index in [-0.39, 0.29) is 42.0 Å². The Kier molecular flexibility index (Phi) is 8.60. The van der Waals surface area contributed by atoms with Crippen LogP contribution < -0.4 is 11.1 Å². The van der Waals surface area contributed by atoms with Crippen LogP contribution in [0.15, 0.2) is 27.7 Å². The summed E-state index contributed by atoms with van der Waals surface area (Å²) in [5.41, 5.74) is 5.00. The van der Waals surface area contributed by atoms with Crippen LogP contribution in [-0.2, 0) is 12.7 Å². The third-order valence-corrected chi connectivity index (χ3v) is 2.98. The number of aliphatic imine (C=N–C) groups is 1. The first-order valence-electron chi connectivity index (χ1n) is 6.09. The van der Waals surface area contributed by atoms with Gasteiger partial charge in [0.2, 0.25) is 0 Å². The molecule has 3 N–H and O–H groups in total. The molecule has 0 aliphatic carbocycles. The minimum atomic E-state index is -4.41. The zero-order valence-electron chi connectivity index (χ0n) is 11.7. The van der Waals surface area contributed by atoms with Gasteiger partial charge in [-0.15, -0.1) is 24.0 Å². The van der Waals surface area contributed by atoms with E-state index in [1.165, 1.54) is 6.07 Å². The molecule has 3 nitrogen and oxygen atoms in total. The summed E-state index contributed by atoms with van der Waals surface area (Å²) in [5.74, 6) is 0.525. The van der Waals surface area contributed by atoms with Crippen LogP contribution in [-0.4, -0.2) is 12.5 Å². The summed E-state index contributed by atoms with van der Waals surface area (Å²) in [6, 6.07) is 3.99. The molecule has 0 heterocycles. The van der Waals surface area contributed by atoms with Gasteiger partial charge >= 0.3 is 6.18 Å². The molecule has 0 atom stereocenters. The molecule has 8 heteroatoms. The Balaban J connectivity index is 0.00000400. The van der Waals surface area contributed by atoms with Crippen molar-refractivity contribution in [2.24, 2.45) is 16.6 Å². The molecule has 120 valence electrons. The quantitative estimate of drug-likeness (QED) is 0.387. The average Bonchev–Trinajstić information content (AvgIpc) is 2.33. The number of rotatable bonds is 4. The summed E-state index contributed by atoms with van der Waals surface area (Å²) in [6.07, 6.45) is -4.41. The number of nitrogens with one attached hydrogen (secondary N) is 1. The van der Waals surface area contributed by atoms with E-state index in [1.807, 2.05) is 13.8 Å². The molecule has 0 bridgehead atoms. The monoisotopic (exact) mass is 479 g/mol. The number of hydrogen-bond donors (Lipinski definition) is 2. The van der Waals surface area contributed by atoms with E-state index in [1.54, 1.807) is 6.07 Å². The molecule has 0 unspecified atom stereocenters. The Morgan fingerprint density at radius 2 is 2.00 bits per heavy atom. The van der Waals surface area contributed by atoms with Gasteiger partial charge < -0.3 is 11.1 Å². The standard InChI is InChI=1S/C13H17BrF3N3.HI/c1-8(2)6-19-12(18)20-7-9-3-4-10(14)5-11(9)13(15,16)17;/h3-5,8H,6-7H2,1-2H3,(H3,18,19,20);1H. The van der Waals surface area contributed by atoms with Gasteiger partial charge in [0.1, 0.15) is 0 Å². The zero-order chi connectivity index (χ0) is 15.3. The first kappa shape index (κ1) is 20.5. The van der Waals surface area contributed by atoms with Crippen LogP contribution in [0, 0.1) is 5.92 Å². The predicted octanol–water partition coefficient (Wildman–Crippen LogP) is 4.15. The molecule has 1 rings (SSSR count). The molecule has 0 saturated carbocycles. The van der Waals surface area contributed by atoms with Gasteiger partial charge in [0.15, 0.2) is 5.96 Å². The molecule has 0 spiro atoms. The molecule has 0 aliphatic heterocycles. The fraction of sp³-hybridized carbons (Fsp3) is 0.462. The maximum Gasteiger partial charge on any atom is 0.416 e. The summed E-state index contributed by atoms with van der Waals surface area (Å²) >= 11 is 3.04. The summed E-state index contributed by atoms with van der Waals surface area (Å²) in [4.78, 5) is 3.94. The lowest BCUT2D eigenvalue weighted by Crippen LogP contribution is -2.34. The van der Waals surface area contributed by atoms with Crippen LogP contribution in [0.2, 0.25) is 0 Å². The van der Waals surface area contributed by atoms with Gasteiger partial charge in [0.25, 0.3) is 0 Å². The molecule has 0 saturated heterocycles. The van der Waals surface area contributed by atoms with Crippen molar-refractivity contribution in [3.05, 3.63) is 33.8 Å². The van der Waals surface area contributed by atoms with Crippen molar-refractivity contribution in [2.45, 2.75) is 26.6 Å². The lowest BCUT2D eigenvalue weighted by Gasteiger charge is -2.12. The van der Waals surface area contributed by atoms with Crippen LogP contribution >= 0.6 is 39.9 Å². The first-order valence-corrected chi connectivity index (χ1v) is 6.89. The Morgan fingerprint density at radius 3 is 2.52 bits per heavy atom. The lowest BCUT2D eigenvalue weighted by molar-refractivity contribution is -0.138. The van der Waals surface area contributed by atoms with E-state index in [0.29, 0.717) is 16.9 Å². The van der Waals surface area contributed by atoms with E-state index < -0.39 is 11.7 Å². The maximum absolute atomic E-state index is 12.9. The Bertz CT molecular complexity index is 490.